The number of nitrogens with one attached hydrogen (secondary N) is 1. The van der Waals surface area contributed by atoms with Crippen LogP contribution in [0.2, 0.25) is 5.02 Å². The molecule has 0 aliphatic rings. The van der Waals surface area contributed by atoms with Crippen LogP contribution >= 0.6 is 11.6 Å². The van der Waals surface area contributed by atoms with Crippen LogP contribution in [-0.2, 0) is 21.9 Å². The van der Waals surface area contributed by atoms with Gasteiger partial charge in [-0.3, -0.25) is 9.59 Å². The molecule has 0 atom stereocenters. The number of amides is 1. The van der Waals surface area contributed by atoms with Crippen molar-refractivity contribution in [3.05, 3.63) is 99.6 Å². The van der Waals surface area contributed by atoms with Crippen molar-refractivity contribution in [2.45, 2.75) is 12.4 Å². The summed E-state index contributed by atoms with van der Waals surface area (Å²) in [6.07, 6.45) is -10.2. The minimum atomic E-state index is -5.10. The van der Waals surface area contributed by atoms with Gasteiger partial charge in [-0.25, -0.2) is 4.79 Å². The van der Waals surface area contributed by atoms with Crippen LogP contribution in [0, 0.1) is 0 Å². The molecule has 1 amide bonds. The van der Waals surface area contributed by atoms with E-state index in [0.29, 0.717) is 17.2 Å². The maximum atomic E-state index is 13.0. The topological polar surface area (TPSA) is 72.5 Å². The van der Waals surface area contributed by atoms with Crippen LogP contribution in [0.5, 0.6) is 0 Å². The molecule has 5 nitrogen and oxygen atoms in total. The first-order valence-corrected chi connectivity index (χ1v) is 10.3. The number of alkyl halides is 6. The molecule has 36 heavy (non-hydrogen) atoms. The quantitative estimate of drug-likeness (QED) is 0.228. The second kappa shape index (κ2) is 10.4. The van der Waals surface area contributed by atoms with Gasteiger partial charge in [-0.1, -0.05) is 29.8 Å². The molecule has 3 aromatic carbocycles. The lowest BCUT2D eigenvalue weighted by Gasteiger charge is -2.15. The van der Waals surface area contributed by atoms with Gasteiger partial charge in [0.05, 0.1) is 16.7 Å². The van der Waals surface area contributed by atoms with E-state index in [1.807, 2.05) is 5.32 Å². The van der Waals surface area contributed by atoms with Crippen molar-refractivity contribution in [3.63, 3.8) is 0 Å². The van der Waals surface area contributed by atoms with E-state index in [9.17, 15) is 40.7 Å². The summed E-state index contributed by atoms with van der Waals surface area (Å²) >= 11 is 5.80. The Balaban J connectivity index is 1.74. The number of rotatable bonds is 6. The van der Waals surface area contributed by atoms with Crippen molar-refractivity contribution in [1.29, 1.82) is 0 Å². The Hall–Kier alpha value is -3.86. The average Bonchev–Trinajstić information content (AvgIpc) is 2.81. The highest BCUT2D eigenvalue weighted by molar-refractivity contribution is 6.30. The standard InChI is InChI=1S/C24H14ClF6NO4/c25-16-7-5-13(6-8-16)21(34)18-3-1-2-4-19(18)22(35)36-12-20(33)32-17-10-14(23(26,27)28)9-15(11-17)24(29,30)31/h1-11H,12H2,(H,32,33). The molecule has 0 heterocycles. The van der Waals surface area contributed by atoms with Gasteiger partial charge in [0, 0.05) is 21.8 Å². The largest absolute Gasteiger partial charge is 0.452 e. The van der Waals surface area contributed by atoms with Gasteiger partial charge in [0.15, 0.2) is 12.4 Å². The highest BCUT2D eigenvalue weighted by atomic mass is 35.5. The van der Waals surface area contributed by atoms with Crippen LogP contribution in [0.3, 0.4) is 0 Å². The minimum absolute atomic E-state index is 0.0575. The van der Waals surface area contributed by atoms with Crippen LogP contribution in [0.25, 0.3) is 0 Å². The van der Waals surface area contributed by atoms with E-state index in [-0.39, 0.29) is 22.8 Å². The Labute approximate surface area is 204 Å². The van der Waals surface area contributed by atoms with Crippen LogP contribution in [-0.4, -0.2) is 24.3 Å². The van der Waals surface area contributed by atoms with Crippen LogP contribution in [0.1, 0.15) is 37.4 Å². The summed E-state index contributed by atoms with van der Waals surface area (Å²) in [7, 11) is 0. The van der Waals surface area contributed by atoms with Gasteiger partial charge in [-0.05, 0) is 48.5 Å². The van der Waals surface area contributed by atoms with Gasteiger partial charge in [-0.15, -0.1) is 0 Å². The first-order chi connectivity index (χ1) is 16.8. The molecule has 0 saturated carbocycles. The summed E-state index contributed by atoms with van der Waals surface area (Å²) in [6, 6.07) is 11.9. The summed E-state index contributed by atoms with van der Waals surface area (Å²) in [5, 5.41) is 2.23. The molecule has 3 aromatic rings. The Morgan fingerprint density at radius 3 is 1.83 bits per heavy atom. The van der Waals surface area contributed by atoms with Gasteiger partial charge >= 0.3 is 18.3 Å². The molecule has 0 radical (unpaired) electrons. The molecule has 0 saturated heterocycles. The number of benzene rings is 3. The zero-order valence-electron chi connectivity index (χ0n) is 17.8. The predicted molar refractivity (Wildman–Crippen MR) is 117 cm³/mol. The van der Waals surface area contributed by atoms with Gasteiger partial charge in [0.1, 0.15) is 0 Å². The molecule has 1 N–H and O–H groups in total. The molecule has 0 aliphatic carbocycles. The predicted octanol–water partition coefficient (Wildman–Crippen LogP) is 6.40. The van der Waals surface area contributed by atoms with Gasteiger partial charge < -0.3 is 10.1 Å². The Morgan fingerprint density at radius 1 is 0.778 bits per heavy atom. The van der Waals surface area contributed by atoms with Crippen molar-refractivity contribution in [2.24, 2.45) is 0 Å². The zero-order chi connectivity index (χ0) is 26.7. The summed E-state index contributed by atoms with van der Waals surface area (Å²) in [5.74, 6) is -2.85. The fourth-order valence-corrected chi connectivity index (χ4v) is 3.17. The summed E-state index contributed by atoms with van der Waals surface area (Å²) in [5.41, 5.74) is -4.10. The van der Waals surface area contributed by atoms with Gasteiger partial charge in [0.2, 0.25) is 0 Å². The van der Waals surface area contributed by atoms with Crippen molar-refractivity contribution >= 4 is 34.9 Å². The number of ketones is 1. The second-order valence-electron chi connectivity index (χ2n) is 7.30. The normalized spacial score (nSPS) is 11.6. The number of anilines is 1. The van der Waals surface area contributed by atoms with E-state index in [1.165, 1.54) is 48.5 Å². The number of carbonyl (C=O) groups excluding carboxylic acids is 3. The molecule has 0 spiro atoms. The number of hydrogen-bond donors (Lipinski definition) is 1. The lowest BCUT2D eigenvalue weighted by Crippen LogP contribution is -2.22. The third-order valence-electron chi connectivity index (χ3n) is 4.70. The van der Waals surface area contributed by atoms with Crippen LogP contribution in [0.4, 0.5) is 32.0 Å². The molecule has 0 bridgehead atoms. The lowest BCUT2D eigenvalue weighted by molar-refractivity contribution is -0.143. The van der Waals surface area contributed by atoms with E-state index in [0.717, 1.165) is 0 Å². The van der Waals surface area contributed by atoms with E-state index < -0.39 is 53.4 Å². The number of hydrogen-bond acceptors (Lipinski definition) is 4. The Bertz CT molecular complexity index is 1270. The van der Waals surface area contributed by atoms with E-state index >= 15 is 0 Å². The second-order valence-corrected chi connectivity index (χ2v) is 7.74. The summed E-state index contributed by atoms with van der Waals surface area (Å²) < 4.78 is 82.7. The third kappa shape index (κ3) is 6.63. The minimum Gasteiger partial charge on any atom is -0.452 e. The summed E-state index contributed by atoms with van der Waals surface area (Å²) in [6.45, 7) is -1.04. The van der Waals surface area contributed by atoms with Crippen molar-refractivity contribution in [2.75, 3.05) is 11.9 Å². The molecule has 0 aromatic heterocycles. The first-order valence-electron chi connectivity index (χ1n) is 9.91. The Morgan fingerprint density at radius 2 is 1.31 bits per heavy atom. The zero-order valence-corrected chi connectivity index (χ0v) is 18.6. The maximum absolute atomic E-state index is 13.0. The van der Waals surface area contributed by atoms with Crippen LogP contribution < -0.4 is 5.32 Å². The molecule has 0 fully saturated rings. The van der Waals surface area contributed by atoms with Gasteiger partial charge in [-0.2, -0.15) is 26.3 Å². The Kier molecular flexibility index (Phi) is 7.73. The molecular weight excluding hydrogens is 516 g/mol. The fourth-order valence-electron chi connectivity index (χ4n) is 3.05. The number of carbonyl (C=O) groups is 3. The molecule has 0 unspecified atom stereocenters. The fraction of sp³-hybridized carbons (Fsp3) is 0.125. The summed E-state index contributed by atoms with van der Waals surface area (Å²) in [4.78, 5) is 37.4. The van der Waals surface area contributed by atoms with Crippen molar-refractivity contribution in [1.82, 2.24) is 0 Å². The van der Waals surface area contributed by atoms with Gasteiger partial charge in [0.25, 0.3) is 5.91 Å². The molecule has 0 aliphatic heterocycles. The highest BCUT2D eigenvalue weighted by Crippen LogP contribution is 2.37. The SMILES string of the molecule is O=C(COC(=O)c1ccccc1C(=O)c1ccc(Cl)cc1)Nc1cc(C(F)(F)F)cc(C(F)(F)F)c1. The number of halogens is 7. The monoisotopic (exact) mass is 529 g/mol. The lowest BCUT2D eigenvalue weighted by atomic mass is 9.98. The van der Waals surface area contributed by atoms with Crippen LogP contribution in [0.15, 0.2) is 66.7 Å². The van der Waals surface area contributed by atoms with Crippen molar-refractivity contribution < 1.29 is 45.5 Å². The first kappa shape index (κ1) is 26.7. The smallest absolute Gasteiger partial charge is 0.416 e. The highest BCUT2D eigenvalue weighted by Gasteiger charge is 2.37. The molecule has 188 valence electrons. The molecular formula is C24H14ClF6NO4. The molecule has 3 rings (SSSR count). The number of ether oxygens (including phenoxy) is 1. The maximum Gasteiger partial charge on any atom is 0.416 e. The third-order valence-corrected chi connectivity index (χ3v) is 4.96. The van der Waals surface area contributed by atoms with E-state index in [4.69, 9.17) is 16.3 Å². The van der Waals surface area contributed by atoms with E-state index in [1.54, 1.807) is 0 Å². The average molecular weight is 530 g/mol. The van der Waals surface area contributed by atoms with E-state index in [2.05, 4.69) is 0 Å². The number of esters is 1. The molecule has 12 heteroatoms. The van der Waals surface area contributed by atoms with Crippen molar-refractivity contribution in [3.8, 4) is 0 Å².